The number of nitrogens with one attached hydrogen (secondary N) is 1. The quantitative estimate of drug-likeness (QED) is 0.866. The van der Waals surface area contributed by atoms with Crippen LogP contribution in [0.4, 0.5) is 0 Å². The van der Waals surface area contributed by atoms with Gasteiger partial charge in [-0.1, -0.05) is 15.9 Å². The second kappa shape index (κ2) is 6.81. The van der Waals surface area contributed by atoms with E-state index in [0.29, 0.717) is 12.3 Å². The lowest BCUT2D eigenvalue weighted by Gasteiger charge is -2.15. The number of furan rings is 1. The molecule has 2 rings (SSSR count). The minimum atomic E-state index is 0.144. The summed E-state index contributed by atoms with van der Waals surface area (Å²) in [6.07, 6.45) is 1.68. The van der Waals surface area contributed by atoms with Crippen LogP contribution in [0.2, 0.25) is 0 Å². The SMILES string of the molecule is COc1cc(Br)c(CN[C@@H](C)c2ccco2)cc1OC. The molecule has 0 bridgehead atoms. The zero-order valence-corrected chi connectivity index (χ0v) is 13.4. The van der Waals surface area contributed by atoms with E-state index in [1.54, 1.807) is 20.5 Å². The Kier molecular flexibility index (Phi) is 5.09. The maximum absolute atomic E-state index is 5.38. The van der Waals surface area contributed by atoms with Gasteiger partial charge in [0.25, 0.3) is 0 Å². The molecule has 0 radical (unpaired) electrons. The van der Waals surface area contributed by atoms with E-state index in [1.165, 1.54) is 0 Å². The van der Waals surface area contributed by atoms with Crippen LogP contribution in [0, 0.1) is 0 Å². The number of benzene rings is 1. The van der Waals surface area contributed by atoms with Crippen molar-refractivity contribution in [2.24, 2.45) is 0 Å². The Morgan fingerprint density at radius 2 is 1.95 bits per heavy atom. The second-order valence-electron chi connectivity index (χ2n) is 4.42. The van der Waals surface area contributed by atoms with Gasteiger partial charge >= 0.3 is 0 Å². The summed E-state index contributed by atoms with van der Waals surface area (Å²) >= 11 is 3.55. The molecule has 108 valence electrons. The average molecular weight is 340 g/mol. The van der Waals surface area contributed by atoms with Gasteiger partial charge in [-0.2, -0.15) is 0 Å². The van der Waals surface area contributed by atoms with Crippen molar-refractivity contribution in [1.82, 2.24) is 5.32 Å². The molecule has 0 saturated carbocycles. The molecule has 0 saturated heterocycles. The molecule has 0 aliphatic heterocycles. The summed E-state index contributed by atoms with van der Waals surface area (Å²) in [5, 5.41) is 3.41. The minimum absolute atomic E-state index is 0.144. The van der Waals surface area contributed by atoms with Crippen molar-refractivity contribution in [3.05, 3.63) is 46.3 Å². The lowest BCUT2D eigenvalue weighted by Crippen LogP contribution is -2.18. The molecule has 2 aromatic rings. The van der Waals surface area contributed by atoms with Crippen LogP contribution in [0.3, 0.4) is 0 Å². The highest BCUT2D eigenvalue weighted by Crippen LogP contribution is 2.33. The molecule has 0 amide bonds. The highest BCUT2D eigenvalue weighted by Gasteiger charge is 2.12. The largest absolute Gasteiger partial charge is 0.493 e. The summed E-state index contributed by atoms with van der Waals surface area (Å²) in [5.74, 6) is 2.35. The highest BCUT2D eigenvalue weighted by molar-refractivity contribution is 9.10. The molecule has 0 fully saturated rings. The normalized spacial score (nSPS) is 12.2. The Morgan fingerprint density at radius 1 is 1.25 bits per heavy atom. The first-order valence-electron chi connectivity index (χ1n) is 6.33. The van der Waals surface area contributed by atoms with Gasteiger partial charge in [-0.3, -0.25) is 0 Å². The number of hydrogen-bond donors (Lipinski definition) is 1. The predicted molar refractivity (Wildman–Crippen MR) is 81.2 cm³/mol. The molecule has 1 aromatic heterocycles. The third-order valence-corrected chi connectivity index (χ3v) is 3.86. The van der Waals surface area contributed by atoms with Gasteiger partial charge in [0.15, 0.2) is 11.5 Å². The third-order valence-electron chi connectivity index (χ3n) is 3.12. The maximum Gasteiger partial charge on any atom is 0.161 e. The third kappa shape index (κ3) is 3.35. The number of methoxy groups -OCH3 is 2. The lowest BCUT2D eigenvalue weighted by atomic mass is 10.1. The Labute approximate surface area is 127 Å². The fraction of sp³-hybridized carbons (Fsp3) is 0.333. The Morgan fingerprint density at radius 3 is 2.55 bits per heavy atom. The molecule has 0 unspecified atom stereocenters. The van der Waals surface area contributed by atoms with Gasteiger partial charge in [0.2, 0.25) is 0 Å². The Bertz CT molecular complexity index is 554. The minimum Gasteiger partial charge on any atom is -0.493 e. The van der Waals surface area contributed by atoms with Crippen LogP contribution in [0.1, 0.15) is 24.3 Å². The zero-order valence-electron chi connectivity index (χ0n) is 11.8. The van der Waals surface area contributed by atoms with Crippen LogP contribution >= 0.6 is 15.9 Å². The molecule has 20 heavy (non-hydrogen) atoms. The van der Waals surface area contributed by atoms with Gasteiger partial charge in [0.05, 0.1) is 26.5 Å². The smallest absolute Gasteiger partial charge is 0.161 e. The summed E-state index contributed by atoms with van der Waals surface area (Å²) in [6.45, 7) is 2.76. The highest BCUT2D eigenvalue weighted by atomic mass is 79.9. The number of hydrogen-bond acceptors (Lipinski definition) is 4. The maximum atomic E-state index is 5.38. The molecule has 0 spiro atoms. The molecule has 0 aliphatic carbocycles. The van der Waals surface area contributed by atoms with Gasteiger partial charge in [0.1, 0.15) is 5.76 Å². The van der Waals surface area contributed by atoms with Crippen molar-refractivity contribution < 1.29 is 13.9 Å². The van der Waals surface area contributed by atoms with Gasteiger partial charge in [-0.15, -0.1) is 0 Å². The van der Waals surface area contributed by atoms with Crippen molar-refractivity contribution in [1.29, 1.82) is 0 Å². The van der Waals surface area contributed by atoms with Crippen LogP contribution in [0.15, 0.2) is 39.4 Å². The van der Waals surface area contributed by atoms with E-state index in [9.17, 15) is 0 Å². The van der Waals surface area contributed by atoms with Gasteiger partial charge in [-0.05, 0) is 36.8 Å². The van der Waals surface area contributed by atoms with E-state index in [1.807, 2.05) is 24.3 Å². The van der Waals surface area contributed by atoms with Gasteiger partial charge < -0.3 is 19.2 Å². The van der Waals surface area contributed by atoms with E-state index >= 15 is 0 Å². The molecule has 1 N–H and O–H groups in total. The van der Waals surface area contributed by atoms with Crippen LogP contribution in [-0.2, 0) is 6.54 Å². The van der Waals surface area contributed by atoms with Crippen LogP contribution in [0.5, 0.6) is 11.5 Å². The second-order valence-corrected chi connectivity index (χ2v) is 5.27. The van der Waals surface area contributed by atoms with Crippen LogP contribution in [0.25, 0.3) is 0 Å². The molecule has 1 atom stereocenters. The van der Waals surface area contributed by atoms with Crippen molar-refractivity contribution in [2.75, 3.05) is 14.2 Å². The van der Waals surface area contributed by atoms with Gasteiger partial charge in [-0.25, -0.2) is 0 Å². The number of halogens is 1. The zero-order chi connectivity index (χ0) is 14.5. The Balaban J connectivity index is 2.09. The number of ether oxygens (including phenoxy) is 2. The first kappa shape index (κ1) is 14.9. The van der Waals surface area contributed by atoms with Crippen molar-refractivity contribution in [2.45, 2.75) is 19.5 Å². The summed E-state index contributed by atoms with van der Waals surface area (Å²) in [6, 6.07) is 7.87. The van der Waals surface area contributed by atoms with E-state index < -0.39 is 0 Å². The molecular formula is C15H18BrNO3. The Hall–Kier alpha value is -1.46. The van der Waals surface area contributed by atoms with Crippen molar-refractivity contribution in [3.8, 4) is 11.5 Å². The molecule has 5 heteroatoms. The average Bonchev–Trinajstić information content (AvgIpc) is 2.99. The predicted octanol–water partition coefficient (Wildman–Crippen LogP) is 3.91. The fourth-order valence-corrected chi connectivity index (χ4v) is 2.40. The van der Waals surface area contributed by atoms with Crippen molar-refractivity contribution in [3.63, 3.8) is 0 Å². The van der Waals surface area contributed by atoms with E-state index in [4.69, 9.17) is 13.9 Å². The fourth-order valence-electron chi connectivity index (χ4n) is 1.93. The van der Waals surface area contributed by atoms with E-state index in [-0.39, 0.29) is 6.04 Å². The topological polar surface area (TPSA) is 43.6 Å². The molecular weight excluding hydrogens is 322 g/mol. The standard InChI is InChI=1S/C15H18BrNO3/c1-10(13-5-4-6-20-13)17-9-11-7-14(18-2)15(19-3)8-12(11)16/h4-8,10,17H,9H2,1-3H3/t10-/m0/s1. The summed E-state index contributed by atoms with van der Waals surface area (Å²) in [5.41, 5.74) is 1.10. The molecule has 1 heterocycles. The molecule has 0 aliphatic rings. The monoisotopic (exact) mass is 339 g/mol. The van der Waals surface area contributed by atoms with E-state index in [2.05, 4.69) is 28.2 Å². The summed E-state index contributed by atoms with van der Waals surface area (Å²) in [4.78, 5) is 0. The van der Waals surface area contributed by atoms with Crippen LogP contribution < -0.4 is 14.8 Å². The molecule has 4 nitrogen and oxygen atoms in total. The van der Waals surface area contributed by atoms with Crippen LogP contribution in [-0.4, -0.2) is 14.2 Å². The first-order valence-corrected chi connectivity index (χ1v) is 7.12. The van der Waals surface area contributed by atoms with Gasteiger partial charge in [0, 0.05) is 11.0 Å². The van der Waals surface area contributed by atoms with E-state index in [0.717, 1.165) is 21.5 Å². The summed E-state index contributed by atoms with van der Waals surface area (Å²) in [7, 11) is 3.26. The first-order chi connectivity index (χ1) is 9.65. The lowest BCUT2D eigenvalue weighted by molar-refractivity contribution is 0.354. The van der Waals surface area contributed by atoms with Crippen molar-refractivity contribution >= 4 is 15.9 Å². The summed E-state index contributed by atoms with van der Waals surface area (Å²) < 4.78 is 16.9. The number of rotatable bonds is 6. The molecule has 1 aromatic carbocycles.